The van der Waals surface area contributed by atoms with Crippen molar-refractivity contribution in [2.24, 2.45) is 0 Å². The summed E-state index contributed by atoms with van der Waals surface area (Å²) in [5.41, 5.74) is 0.357. The second kappa shape index (κ2) is 6.49. The van der Waals surface area contributed by atoms with Crippen molar-refractivity contribution >= 4 is 0 Å². The molecule has 0 aliphatic heterocycles. The van der Waals surface area contributed by atoms with Crippen LogP contribution in [0, 0.1) is 0 Å². The standard InChI is InChI=1S/C13H27NO/c1-4-12(11-15-3)14-13(2)9-7-5-6-8-10-13/h12,14H,4-11H2,1-3H3. The summed E-state index contributed by atoms with van der Waals surface area (Å²) in [6.07, 6.45) is 9.40. The smallest absolute Gasteiger partial charge is 0.0615 e. The molecule has 1 atom stereocenters. The molecule has 0 saturated heterocycles. The van der Waals surface area contributed by atoms with Gasteiger partial charge in [0.05, 0.1) is 6.61 Å². The van der Waals surface area contributed by atoms with Gasteiger partial charge in [0.1, 0.15) is 0 Å². The van der Waals surface area contributed by atoms with Gasteiger partial charge >= 0.3 is 0 Å². The lowest BCUT2D eigenvalue weighted by molar-refractivity contribution is 0.140. The summed E-state index contributed by atoms with van der Waals surface area (Å²) in [7, 11) is 1.79. The molecule has 0 aromatic carbocycles. The summed E-state index contributed by atoms with van der Waals surface area (Å²) in [5.74, 6) is 0. The predicted molar refractivity (Wildman–Crippen MR) is 65.2 cm³/mol. The summed E-state index contributed by atoms with van der Waals surface area (Å²) in [6, 6.07) is 0.526. The third-order valence-corrected chi connectivity index (χ3v) is 3.62. The Bertz CT molecular complexity index is 162. The summed E-state index contributed by atoms with van der Waals surface area (Å²) in [6.45, 7) is 5.46. The highest BCUT2D eigenvalue weighted by atomic mass is 16.5. The summed E-state index contributed by atoms with van der Waals surface area (Å²) in [4.78, 5) is 0. The Morgan fingerprint density at radius 1 is 1.20 bits per heavy atom. The van der Waals surface area contributed by atoms with Gasteiger partial charge in [-0.05, 0) is 26.2 Å². The topological polar surface area (TPSA) is 21.3 Å². The molecule has 2 nitrogen and oxygen atoms in total. The number of methoxy groups -OCH3 is 1. The Balaban J connectivity index is 2.43. The van der Waals surface area contributed by atoms with Crippen LogP contribution in [0.5, 0.6) is 0 Å². The molecule has 0 spiro atoms. The maximum atomic E-state index is 5.25. The largest absolute Gasteiger partial charge is 0.383 e. The van der Waals surface area contributed by atoms with E-state index in [2.05, 4.69) is 19.2 Å². The van der Waals surface area contributed by atoms with Crippen LogP contribution in [-0.2, 0) is 4.74 Å². The fraction of sp³-hybridized carbons (Fsp3) is 1.00. The fourth-order valence-corrected chi connectivity index (χ4v) is 2.61. The lowest BCUT2D eigenvalue weighted by Crippen LogP contribution is -2.49. The van der Waals surface area contributed by atoms with Crippen molar-refractivity contribution in [1.82, 2.24) is 5.32 Å². The van der Waals surface area contributed by atoms with Crippen LogP contribution in [0.2, 0.25) is 0 Å². The van der Waals surface area contributed by atoms with Crippen molar-refractivity contribution in [2.75, 3.05) is 13.7 Å². The minimum Gasteiger partial charge on any atom is -0.383 e. The van der Waals surface area contributed by atoms with Crippen molar-refractivity contribution in [3.05, 3.63) is 0 Å². The van der Waals surface area contributed by atoms with Crippen molar-refractivity contribution in [3.63, 3.8) is 0 Å². The number of ether oxygens (including phenoxy) is 1. The average molecular weight is 213 g/mol. The highest BCUT2D eigenvalue weighted by molar-refractivity contribution is 4.87. The van der Waals surface area contributed by atoms with Crippen molar-refractivity contribution in [3.8, 4) is 0 Å². The molecule has 1 saturated carbocycles. The van der Waals surface area contributed by atoms with Crippen molar-refractivity contribution < 1.29 is 4.74 Å². The first-order valence-electron chi connectivity index (χ1n) is 6.47. The van der Waals surface area contributed by atoms with Crippen LogP contribution < -0.4 is 5.32 Å². The first-order valence-corrected chi connectivity index (χ1v) is 6.47. The van der Waals surface area contributed by atoms with E-state index in [1.54, 1.807) is 7.11 Å². The third-order valence-electron chi connectivity index (χ3n) is 3.62. The van der Waals surface area contributed by atoms with Gasteiger partial charge in [-0.3, -0.25) is 0 Å². The molecule has 1 rings (SSSR count). The monoisotopic (exact) mass is 213 g/mol. The first-order chi connectivity index (χ1) is 7.20. The molecular formula is C13H27NO. The lowest BCUT2D eigenvalue weighted by atomic mass is 9.91. The number of hydrogen-bond donors (Lipinski definition) is 1. The SMILES string of the molecule is CCC(COC)NC1(C)CCCCCC1. The van der Waals surface area contributed by atoms with E-state index in [-0.39, 0.29) is 0 Å². The Hall–Kier alpha value is -0.0800. The molecule has 1 unspecified atom stereocenters. The maximum Gasteiger partial charge on any atom is 0.0615 e. The molecule has 0 radical (unpaired) electrons. The highest BCUT2D eigenvalue weighted by Gasteiger charge is 2.27. The molecule has 0 amide bonds. The van der Waals surface area contributed by atoms with Gasteiger partial charge in [0.15, 0.2) is 0 Å². The minimum atomic E-state index is 0.357. The normalized spacial score (nSPS) is 23.4. The van der Waals surface area contributed by atoms with Crippen LogP contribution in [0.3, 0.4) is 0 Å². The second-order valence-electron chi connectivity index (χ2n) is 5.18. The average Bonchev–Trinajstić information content (AvgIpc) is 2.43. The van der Waals surface area contributed by atoms with E-state index in [1.807, 2.05) is 0 Å². The zero-order chi connectivity index (χ0) is 11.1. The predicted octanol–water partition coefficient (Wildman–Crippen LogP) is 3.11. The molecule has 1 fully saturated rings. The summed E-state index contributed by atoms with van der Waals surface area (Å²) in [5, 5.41) is 3.80. The molecular weight excluding hydrogens is 186 g/mol. The molecule has 0 aromatic rings. The molecule has 1 N–H and O–H groups in total. The van der Waals surface area contributed by atoms with Crippen LogP contribution in [0.15, 0.2) is 0 Å². The van der Waals surface area contributed by atoms with Crippen LogP contribution >= 0.6 is 0 Å². The van der Waals surface area contributed by atoms with Crippen LogP contribution in [0.25, 0.3) is 0 Å². The molecule has 2 heteroatoms. The Labute approximate surface area is 94.8 Å². The van der Waals surface area contributed by atoms with E-state index < -0.39 is 0 Å². The zero-order valence-electron chi connectivity index (χ0n) is 10.6. The van der Waals surface area contributed by atoms with Crippen molar-refractivity contribution in [2.45, 2.75) is 70.4 Å². The summed E-state index contributed by atoms with van der Waals surface area (Å²) < 4.78 is 5.25. The maximum absolute atomic E-state index is 5.25. The molecule has 0 heterocycles. The van der Waals surface area contributed by atoms with Gasteiger partial charge in [-0.25, -0.2) is 0 Å². The van der Waals surface area contributed by atoms with E-state index in [4.69, 9.17) is 4.74 Å². The van der Waals surface area contributed by atoms with Crippen LogP contribution in [0.1, 0.15) is 58.8 Å². The molecule has 0 aromatic heterocycles. The number of hydrogen-bond acceptors (Lipinski definition) is 2. The van der Waals surface area contributed by atoms with Gasteiger partial charge in [-0.2, -0.15) is 0 Å². The van der Waals surface area contributed by atoms with Crippen LogP contribution in [-0.4, -0.2) is 25.3 Å². The highest BCUT2D eigenvalue weighted by Crippen LogP contribution is 2.27. The van der Waals surface area contributed by atoms with Gasteiger partial charge in [-0.15, -0.1) is 0 Å². The Kier molecular flexibility index (Phi) is 5.62. The summed E-state index contributed by atoms with van der Waals surface area (Å²) >= 11 is 0. The quantitative estimate of drug-likeness (QED) is 0.709. The second-order valence-corrected chi connectivity index (χ2v) is 5.18. The Morgan fingerprint density at radius 3 is 2.27 bits per heavy atom. The van der Waals surface area contributed by atoms with Gasteiger partial charge in [0.2, 0.25) is 0 Å². The minimum absolute atomic E-state index is 0.357. The third kappa shape index (κ3) is 4.52. The van der Waals surface area contributed by atoms with E-state index in [1.165, 1.54) is 38.5 Å². The molecule has 1 aliphatic rings. The van der Waals surface area contributed by atoms with E-state index >= 15 is 0 Å². The Morgan fingerprint density at radius 2 is 1.80 bits per heavy atom. The first kappa shape index (κ1) is 13.0. The van der Waals surface area contributed by atoms with Gasteiger partial charge in [-0.1, -0.05) is 32.6 Å². The molecule has 1 aliphatic carbocycles. The van der Waals surface area contributed by atoms with E-state index in [0.29, 0.717) is 11.6 Å². The van der Waals surface area contributed by atoms with Gasteiger partial charge in [0.25, 0.3) is 0 Å². The van der Waals surface area contributed by atoms with E-state index in [0.717, 1.165) is 13.0 Å². The van der Waals surface area contributed by atoms with Crippen molar-refractivity contribution in [1.29, 1.82) is 0 Å². The molecule has 90 valence electrons. The lowest BCUT2D eigenvalue weighted by Gasteiger charge is -2.34. The zero-order valence-corrected chi connectivity index (χ0v) is 10.6. The fourth-order valence-electron chi connectivity index (χ4n) is 2.61. The van der Waals surface area contributed by atoms with Gasteiger partial charge in [0, 0.05) is 18.7 Å². The number of rotatable bonds is 5. The van der Waals surface area contributed by atoms with Crippen LogP contribution in [0.4, 0.5) is 0 Å². The molecule has 0 bridgehead atoms. The van der Waals surface area contributed by atoms with E-state index in [9.17, 15) is 0 Å². The van der Waals surface area contributed by atoms with Gasteiger partial charge < -0.3 is 10.1 Å². The molecule has 15 heavy (non-hydrogen) atoms. The number of nitrogens with one attached hydrogen (secondary N) is 1.